The van der Waals surface area contributed by atoms with Crippen LogP contribution in [0.2, 0.25) is 10.0 Å². The number of nitrogens with one attached hydrogen (secondary N) is 1. The molecular formula is C21H15Cl2N3O. The molecule has 0 aliphatic heterocycles. The van der Waals surface area contributed by atoms with Crippen molar-refractivity contribution in [3.05, 3.63) is 88.0 Å². The number of imidazole rings is 1. The van der Waals surface area contributed by atoms with E-state index < -0.39 is 0 Å². The number of carbonyl (C=O) groups is 1. The number of nitrogens with zero attached hydrogens (tertiary/aromatic N) is 2. The molecule has 0 aliphatic rings. The van der Waals surface area contributed by atoms with Crippen LogP contribution in [0.5, 0.6) is 0 Å². The van der Waals surface area contributed by atoms with Gasteiger partial charge in [0.2, 0.25) is 0 Å². The molecule has 4 rings (SSSR count). The fraction of sp³-hybridized carbons (Fsp3) is 0.0476. The van der Waals surface area contributed by atoms with E-state index in [1.54, 1.807) is 18.2 Å². The number of pyridine rings is 1. The molecule has 134 valence electrons. The molecule has 4 aromatic rings. The standard InChI is InChI=1S/C21H15Cl2N3O/c1-13-5-7-14(8-6-13)19-20(26-9-3-2-4-18(26)24-19)25-21(27)15-10-16(22)12-17(23)11-15/h2-12H,1H3,(H,25,27). The zero-order chi connectivity index (χ0) is 19.0. The Morgan fingerprint density at radius 2 is 1.70 bits per heavy atom. The maximum Gasteiger partial charge on any atom is 0.256 e. The largest absolute Gasteiger partial charge is 0.306 e. The zero-order valence-corrected chi connectivity index (χ0v) is 15.9. The first kappa shape index (κ1) is 17.6. The van der Waals surface area contributed by atoms with Gasteiger partial charge >= 0.3 is 0 Å². The monoisotopic (exact) mass is 395 g/mol. The van der Waals surface area contributed by atoms with E-state index in [-0.39, 0.29) is 5.91 Å². The van der Waals surface area contributed by atoms with E-state index in [1.807, 2.05) is 60.0 Å². The van der Waals surface area contributed by atoms with E-state index in [4.69, 9.17) is 28.2 Å². The van der Waals surface area contributed by atoms with Gasteiger partial charge < -0.3 is 5.32 Å². The number of rotatable bonds is 3. The van der Waals surface area contributed by atoms with Gasteiger partial charge in [-0.15, -0.1) is 0 Å². The van der Waals surface area contributed by atoms with Gasteiger partial charge in [0.25, 0.3) is 5.91 Å². The molecular weight excluding hydrogens is 381 g/mol. The van der Waals surface area contributed by atoms with Crippen molar-refractivity contribution >= 4 is 40.6 Å². The first-order valence-electron chi connectivity index (χ1n) is 8.33. The van der Waals surface area contributed by atoms with Crippen molar-refractivity contribution in [3.8, 4) is 11.3 Å². The number of aryl methyl sites for hydroxylation is 1. The van der Waals surface area contributed by atoms with Crippen LogP contribution in [0.15, 0.2) is 66.9 Å². The summed E-state index contributed by atoms with van der Waals surface area (Å²) in [5, 5.41) is 3.78. The second-order valence-corrected chi connectivity index (χ2v) is 7.09. The predicted molar refractivity (Wildman–Crippen MR) is 110 cm³/mol. The Kier molecular flexibility index (Phi) is 4.60. The highest BCUT2D eigenvalue weighted by molar-refractivity contribution is 6.35. The fourth-order valence-electron chi connectivity index (χ4n) is 2.89. The Morgan fingerprint density at radius 1 is 1.00 bits per heavy atom. The lowest BCUT2D eigenvalue weighted by Crippen LogP contribution is -2.14. The van der Waals surface area contributed by atoms with Crippen LogP contribution in [0.4, 0.5) is 5.82 Å². The van der Waals surface area contributed by atoms with Gasteiger partial charge in [0.15, 0.2) is 0 Å². The number of halogens is 2. The Bertz CT molecular complexity index is 1130. The van der Waals surface area contributed by atoms with E-state index in [0.29, 0.717) is 27.1 Å². The first-order valence-corrected chi connectivity index (χ1v) is 9.08. The molecule has 4 nitrogen and oxygen atoms in total. The Morgan fingerprint density at radius 3 is 2.41 bits per heavy atom. The summed E-state index contributed by atoms with van der Waals surface area (Å²) in [6.07, 6.45) is 1.86. The van der Waals surface area contributed by atoms with Crippen molar-refractivity contribution in [2.45, 2.75) is 6.92 Å². The summed E-state index contributed by atoms with van der Waals surface area (Å²) in [4.78, 5) is 17.5. The average Bonchev–Trinajstić information content (AvgIpc) is 3.00. The quantitative estimate of drug-likeness (QED) is 0.471. The van der Waals surface area contributed by atoms with Gasteiger partial charge in [0.05, 0.1) is 0 Å². The van der Waals surface area contributed by atoms with Crippen molar-refractivity contribution < 1.29 is 4.79 Å². The molecule has 0 spiro atoms. The van der Waals surface area contributed by atoms with E-state index >= 15 is 0 Å². The third-order valence-electron chi connectivity index (χ3n) is 4.21. The van der Waals surface area contributed by atoms with Crippen LogP contribution in [0.3, 0.4) is 0 Å². The highest BCUT2D eigenvalue weighted by atomic mass is 35.5. The maximum absolute atomic E-state index is 12.8. The summed E-state index contributed by atoms with van der Waals surface area (Å²) in [7, 11) is 0. The molecule has 0 aliphatic carbocycles. The van der Waals surface area contributed by atoms with E-state index in [0.717, 1.165) is 16.8 Å². The van der Waals surface area contributed by atoms with Crippen molar-refractivity contribution in [2.24, 2.45) is 0 Å². The van der Waals surface area contributed by atoms with E-state index in [1.165, 1.54) is 0 Å². The van der Waals surface area contributed by atoms with Gasteiger partial charge in [-0.3, -0.25) is 9.20 Å². The third kappa shape index (κ3) is 3.54. The fourth-order valence-corrected chi connectivity index (χ4v) is 3.42. The summed E-state index contributed by atoms with van der Waals surface area (Å²) in [5.74, 6) is 0.286. The number of benzene rings is 2. The number of fused-ring (bicyclic) bond motifs is 1. The summed E-state index contributed by atoms with van der Waals surface area (Å²) >= 11 is 12.1. The second kappa shape index (κ2) is 7.06. The van der Waals surface area contributed by atoms with E-state index in [9.17, 15) is 4.79 Å². The van der Waals surface area contributed by atoms with Crippen molar-refractivity contribution in [1.29, 1.82) is 0 Å². The Labute approximate surface area is 166 Å². The number of aromatic nitrogens is 2. The van der Waals surface area contributed by atoms with Crippen LogP contribution < -0.4 is 5.32 Å². The molecule has 0 fully saturated rings. The van der Waals surface area contributed by atoms with Crippen molar-refractivity contribution in [3.63, 3.8) is 0 Å². The molecule has 0 saturated heterocycles. The van der Waals surface area contributed by atoms with Gasteiger partial charge in [-0.25, -0.2) is 4.98 Å². The molecule has 0 saturated carbocycles. The average molecular weight is 396 g/mol. The van der Waals surface area contributed by atoms with Gasteiger partial charge in [-0.1, -0.05) is 59.1 Å². The number of hydrogen-bond donors (Lipinski definition) is 1. The van der Waals surface area contributed by atoms with Crippen LogP contribution in [0.25, 0.3) is 16.9 Å². The maximum atomic E-state index is 12.8. The number of amides is 1. The lowest BCUT2D eigenvalue weighted by molar-refractivity contribution is 0.102. The van der Waals surface area contributed by atoms with Gasteiger partial charge in [0, 0.05) is 27.4 Å². The van der Waals surface area contributed by atoms with Crippen LogP contribution >= 0.6 is 23.2 Å². The summed E-state index contributed by atoms with van der Waals surface area (Å²) in [6.45, 7) is 2.03. The summed E-state index contributed by atoms with van der Waals surface area (Å²) < 4.78 is 1.85. The summed E-state index contributed by atoms with van der Waals surface area (Å²) in [6, 6.07) is 18.4. The highest BCUT2D eigenvalue weighted by Crippen LogP contribution is 2.30. The normalized spacial score (nSPS) is 10.9. The molecule has 0 unspecified atom stereocenters. The minimum atomic E-state index is -0.307. The predicted octanol–water partition coefficient (Wildman–Crippen LogP) is 5.87. The Balaban J connectivity index is 1.81. The molecule has 1 amide bonds. The number of carbonyl (C=O) groups excluding carboxylic acids is 1. The highest BCUT2D eigenvalue weighted by Gasteiger charge is 2.17. The Hall–Kier alpha value is -2.82. The minimum Gasteiger partial charge on any atom is -0.306 e. The molecule has 0 bridgehead atoms. The lowest BCUT2D eigenvalue weighted by atomic mass is 10.1. The van der Waals surface area contributed by atoms with E-state index in [2.05, 4.69) is 5.32 Å². The SMILES string of the molecule is Cc1ccc(-c2nc3ccccn3c2NC(=O)c2cc(Cl)cc(Cl)c2)cc1. The van der Waals surface area contributed by atoms with Crippen molar-refractivity contribution in [1.82, 2.24) is 9.38 Å². The van der Waals surface area contributed by atoms with Crippen LogP contribution in [0, 0.1) is 6.92 Å². The third-order valence-corrected chi connectivity index (χ3v) is 4.65. The van der Waals surface area contributed by atoms with Crippen LogP contribution in [-0.2, 0) is 0 Å². The van der Waals surface area contributed by atoms with Crippen LogP contribution in [0.1, 0.15) is 15.9 Å². The summed E-state index contributed by atoms with van der Waals surface area (Å²) in [5.41, 5.74) is 3.90. The van der Waals surface area contributed by atoms with Gasteiger partial charge in [0.1, 0.15) is 17.2 Å². The molecule has 27 heavy (non-hydrogen) atoms. The molecule has 1 N–H and O–H groups in total. The molecule has 6 heteroatoms. The number of hydrogen-bond acceptors (Lipinski definition) is 2. The molecule has 0 radical (unpaired) electrons. The first-order chi connectivity index (χ1) is 13.0. The van der Waals surface area contributed by atoms with Crippen LogP contribution in [-0.4, -0.2) is 15.3 Å². The zero-order valence-electron chi connectivity index (χ0n) is 14.4. The molecule has 2 heterocycles. The topological polar surface area (TPSA) is 46.4 Å². The minimum absolute atomic E-state index is 0.307. The van der Waals surface area contributed by atoms with Gasteiger partial charge in [-0.05, 0) is 37.3 Å². The number of anilines is 1. The van der Waals surface area contributed by atoms with Crippen molar-refractivity contribution in [2.75, 3.05) is 5.32 Å². The lowest BCUT2D eigenvalue weighted by Gasteiger charge is -2.09. The molecule has 2 aromatic carbocycles. The second-order valence-electron chi connectivity index (χ2n) is 6.22. The molecule has 2 aromatic heterocycles. The smallest absolute Gasteiger partial charge is 0.256 e. The van der Waals surface area contributed by atoms with Gasteiger partial charge in [-0.2, -0.15) is 0 Å². The molecule has 0 atom stereocenters.